The molecular weight excluding hydrogens is 168 g/mol. The summed E-state index contributed by atoms with van der Waals surface area (Å²) in [6.07, 6.45) is 4.85. The highest BCUT2D eigenvalue weighted by Crippen LogP contribution is 2.24. The zero-order valence-corrected chi connectivity index (χ0v) is 8.04. The first kappa shape index (κ1) is 10.2. The maximum Gasteiger partial charge on any atom is 0.305 e. The number of carbonyl (C=O) groups is 2. The average Bonchev–Trinajstić information content (AvgIpc) is 2.16. The van der Waals surface area contributed by atoms with Crippen LogP contribution in [0.3, 0.4) is 0 Å². The lowest BCUT2D eigenvalue weighted by Crippen LogP contribution is -2.20. The first-order valence-corrected chi connectivity index (χ1v) is 4.83. The summed E-state index contributed by atoms with van der Waals surface area (Å²) >= 11 is 0. The van der Waals surface area contributed by atoms with Gasteiger partial charge in [0.25, 0.3) is 0 Å². The minimum atomic E-state index is -0.210. The van der Waals surface area contributed by atoms with Gasteiger partial charge in [0.2, 0.25) is 0 Å². The molecule has 0 aromatic rings. The van der Waals surface area contributed by atoms with Crippen molar-refractivity contribution < 1.29 is 14.3 Å². The molecule has 0 saturated heterocycles. The molecule has 1 saturated carbocycles. The topological polar surface area (TPSA) is 43.4 Å². The van der Waals surface area contributed by atoms with E-state index in [1.807, 2.05) is 0 Å². The van der Waals surface area contributed by atoms with E-state index in [2.05, 4.69) is 4.74 Å². The number of ether oxygens (including phenoxy) is 1. The number of methoxy groups -OCH3 is 1. The molecule has 0 heterocycles. The Balaban J connectivity index is 2.26. The predicted molar refractivity (Wildman–Crippen MR) is 48.2 cm³/mol. The van der Waals surface area contributed by atoms with Crippen LogP contribution in [-0.4, -0.2) is 18.9 Å². The number of Topliss-reactive ketones (excluding diaryl/α,β-unsaturated/α-hetero) is 1. The van der Waals surface area contributed by atoms with E-state index in [4.69, 9.17) is 0 Å². The third-order valence-corrected chi connectivity index (χ3v) is 2.61. The first-order chi connectivity index (χ1) is 6.24. The van der Waals surface area contributed by atoms with Crippen molar-refractivity contribution in [2.24, 2.45) is 5.92 Å². The quantitative estimate of drug-likeness (QED) is 0.627. The number of ketones is 1. The Hall–Kier alpha value is -0.860. The van der Waals surface area contributed by atoms with Gasteiger partial charge in [0.15, 0.2) is 0 Å². The van der Waals surface area contributed by atoms with E-state index >= 15 is 0 Å². The van der Waals surface area contributed by atoms with Crippen molar-refractivity contribution in [3.63, 3.8) is 0 Å². The molecule has 1 unspecified atom stereocenters. The highest BCUT2D eigenvalue weighted by atomic mass is 16.5. The summed E-state index contributed by atoms with van der Waals surface area (Å²) in [7, 11) is 1.38. The SMILES string of the molecule is COC(=O)CCC1CCCCC1=O. The number of esters is 1. The van der Waals surface area contributed by atoms with E-state index < -0.39 is 0 Å². The Kier molecular flexibility index (Phi) is 3.93. The van der Waals surface area contributed by atoms with Gasteiger partial charge < -0.3 is 4.74 Å². The van der Waals surface area contributed by atoms with Gasteiger partial charge in [-0.1, -0.05) is 6.42 Å². The fourth-order valence-electron chi connectivity index (χ4n) is 1.75. The van der Waals surface area contributed by atoms with E-state index in [0.29, 0.717) is 25.0 Å². The third-order valence-electron chi connectivity index (χ3n) is 2.61. The second-order valence-electron chi connectivity index (χ2n) is 3.52. The van der Waals surface area contributed by atoms with Crippen LogP contribution >= 0.6 is 0 Å². The van der Waals surface area contributed by atoms with E-state index in [0.717, 1.165) is 19.3 Å². The van der Waals surface area contributed by atoms with Crippen molar-refractivity contribution in [3.05, 3.63) is 0 Å². The molecule has 1 rings (SSSR count). The van der Waals surface area contributed by atoms with Gasteiger partial charge in [-0.05, 0) is 19.3 Å². The van der Waals surface area contributed by atoms with Crippen LogP contribution in [-0.2, 0) is 14.3 Å². The van der Waals surface area contributed by atoms with Gasteiger partial charge >= 0.3 is 5.97 Å². The highest BCUT2D eigenvalue weighted by molar-refractivity contribution is 5.82. The van der Waals surface area contributed by atoms with E-state index in [1.54, 1.807) is 0 Å². The van der Waals surface area contributed by atoms with Gasteiger partial charge in [-0.15, -0.1) is 0 Å². The van der Waals surface area contributed by atoms with Crippen LogP contribution in [0.25, 0.3) is 0 Å². The summed E-state index contributed by atoms with van der Waals surface area (Å²) in [6, 6.07) is 0. The summed E-state index contributed by atoms with van der Waals surface area (Å²) in [5.41, 5.74) is 0. The molecule has 74 valence electrons. The largest absolute Gasteiger partial charge is 0.469 e. The molecule has 13 heavy (non-hydrogen) atoms. The van der Waals surface area contributed by atoms with Crippen molar-refractivity contribution in [2.75, 3.05) is 7.11 Å². The van der Waals surface area contributed by atoms with Gasteiger partial charge in [0.1, 0.15) is 5.78 Å². The lowest BCUT2D eigenvalue weighted by molar-refractivity contribution is -0.141. The Morgan fingerprint density at radius 2 is 2.31 bits per heavy atom. The van der Waals surface area contributed by atoms with E-state index in [9.17, 15) is 9.59 Å². The molecule has 0 aliphatic heterocycles. The summed E-state index contributed by atoms with van der Waals surface area (Å²) in [6.45, 7) is 0. The Labute approximate surface area is 78.5 Å². The Bertz CT molecular complexity index is 198. The Morgan fingerprint density at radius 1 is 1.54 bits per heavy atom. The molecule has 0 spiro atoms. The molecule has 1 fully saturated rings. The molecule has 0 bridgehead atoms. The third kappa shape index (κ3) is 3.17. The lowest BCUT2D eigenvalue weighted by Gasteiger charge is -2.19. The fraction of sp³-hybridized carbons (Fsp3) is 0.800. The van der Waals surface area contributed by atoms with Crippen LogP contribution in [0.15, 0.2) is 0 Å². The van der Waals surface area contributed by atoms with Crippen LogP contribution in [0.4, 0.5) is 0 Å². The summed E-state index contributed by atoms with van der Waals surface area (Å²) in [4.78, 5) is 22.2. The van der Waals surface area contributed by atoms with Crippen LogP contribution in [0.1, 0.15) is 38.5 Å². The fourth-order valence-corrected chi connectivity index (χ4v) is 1.75. The molecule has 3 nitrogen and oxygen atoms in total. The molecule has 1 aliphatic rings. The van der Waals surface area contributed by atoms with Crippen molar-refractivity contribution in [3.8, 4) is 0 Å². The number of hydrogen-bond donors (Lipinski definition) is 0. The molecule has 0 N–H and O–H groups in total. The van der Waals surface area contributed by atoms with Gasteiger partial charge in [-0.25, -0.2) is 0 Å². The first-order valence-electron chi connectivity index (χ1n) is 4.83. The number of hydrogen-bond acceptors (Lipinski definition) is 3. The van der Waals surface area contributed by atoms with Gasteiger partial charge in [0.05, 0.1) is 7.11 Å². The van der Waals surface area contributed by atoms with Crippen LogP contribution in [0.5, 0.6) is 0 Å². The molecule has 0 amide bonds. The van der Waals surface area contributed by atoms with Crippen molar-refractivity contribution in [2.45, 2.75) is 38.5 Å². The summed E-state index contributed by atoms with van der Waals surface area (Å²) in [5.74, 6) is 0.237. The lowest BCUT2D eigenvalue weighted by atomic mass is 9.85. The van der Waals surface area contributed by atoms with E-state index in [1.165, 1.54) is 7.11 Å². The zero-order chi connectivity index (χ0) is 9.68. The molecule has 0 aromatic heterocycles. The molecule has 0 radical (unpaired) electrons. The van der Waals surface area contributed by atoms with Crippen LogP contribution in [0, 0.1) is 5.92 Å². The second-order valence-corrected chi connectivity index (χ2v) is 3.52. The second kappa shape index (κ2) is 5.00. The predicted octanol–water partition coefficient (Wildman–Crippen LogP) is 1.70. The minimum absolute atomic E-state index is 0.118. The monoisotopic (exact) mass is 184 g/mol. The van der Waals surface area contributed by atoms with Crippen LogP contribution < -0.4 is 0 Å². The molecule has 1 aliphatic carbocycles. The van der Waals surface area contributed by atoms with Crippen LogP contribution in [0.2, 0.25) is 0 Å². The van der Waals surface area contributed by atoms with Crippen molar-refractivity contribution >= 4 is 11.8 Å². The van der Waals surface area contributed by atoms with Gasteiger partial charge in [-0.2, -0.15) is 0 Å². The van der Waals surface area contributed by atoms with Gasteiger partial charge in [0, 0.05) is 18.8 Å². The zero-order valence-electron chi connectivity index (χ0n) is 8.04. The minimum Gasteiger partial charge on any atom is -0.469 e. The van der Waals surface area contributed by atoms with Crippen molar-refractivity contribution in [1.29, 1.82) is 0 Å². The van der Waals surface area contributed by atoms with Crippen molar-refractivity contribution in [1.82, 2.24) is 0 Å². The number of rotatable bonds is 3. The standard InChI is InChI=1S/C10H16O3/c1-13-10(12)7-6-8-4-2-3-5-9(8)11/h8H,2-7H2,1H3. The summed E-state index contributed by atoms with van der Waals surface area (Å²) < 4.78 is 4.53. The molecule has 1 atom stereocenters. The van der Waals surface area contributed by atoms with Gasteiger partial charge in [-0.3, -0.25) is 9.59 Å². The Morgan fingerprint density at radius 3 is 2.92 bits per heavy atom. The van der Waals surface area contributed by atoms with E-state index in [-0.39, 0.29) is 11.9 Å². The smallest absolute Gasteiger partial charge is 0.305 e. The average molecular weight is 184 g/mol. The normalized spacial score (nSPS) is 22.8. The molecular formula is C10H16O3. The highest BCUT2D eigenvalue weighted by Gasteiger charge is 2.22. The maximum atomic E-state index is 11.3. The molecule has 3 heteroatoms. The maximum absolute atomic E-state index is 11.3. The molecule has 0 aromatic carbocycles. The number of carbonyl (C=O) groups excluding carboxylic acids is 2. The summed E-state index contributed by atoms with van der Waals surface area (Å²) in [5, 5.41) is 0.